The largest absolute Gasteiger partial charge is 0.543 e. The summed E-state index contributed by atoms with van der Waals surface area (Å²) in [4.78, 5) is 0. The van der Waals surface area contributed by atoms with Crippen molar-refractivity contribution >= 4 is 29.2 Å². The van der Waals surface area contributed by atoms with E-state index in [1.165, 1.54) is 0 Å². The van der Waals surface area contributed by atoms with Crippen LogP contribution in [-0.2, 0) is 20.9 Å². The van der Waals surface area contributed by atoms with Gasteiger partial charge in [-0.2, -0.15) is 8.42 Å². The van der Waals surface area contributed by atoms with Gasteiger partial charge in [-0.3, -0.25) is 4.18 Å². The molecule has 0 aliphatic rings. The van der Waals surface area contributed by atoms with Crippen LogP contribution in [0.25, 0.3) is 10.8 Å². The Kier molecular flexibility index (Phi) is 5.13. The average molecular weight is 367 g/mol. The summed E-state index contributed by atoms with van der Waals surface area (Å²) in [7, 11) is -5.43. The van der Waals surface area contributed by atoms with E-state index in [0.717, 1.165) is 28.3 Å². The second kappa shape index (κ2) is 6.50. The Morgan fingerprint density at radius 1 is 1.00 bits per heavy atom. The van der Waals surface area contributed by atoms with Crippen LogP contribution in [0.15, 0.2) is 36.4 Å². The third kappa shape index (κ3) is 4.37. The highest BCUT2D eigenvalue weighted by Gasteiger charge is 2.39. The third-order valence-corrected chi connectivity index (χ3v) is 9.46. The molecule has 0 aromatic heterocycles. The van der Waals surface area contributed by atoms with E-state index in [1.807, 2.05) is 36.4 Å². The molecule has 0 fully saturated rings. The Morgan fingerprint density at radius 2 is 1.58 bits per heavy atom. The first-order valence-corrected chi connectivity index (χ1v) is 12.7. The van der Waals surface area contributed by atoms with Gasteiger partial charge in [0, 0.05) is 5.39 Å². The van der Waals surface area contributed by atoms with Gasteiger partial charge < -0.3 is 4.43 Å². The van der Waals surface area contributed by atoms with E-state index >= 15 is 0 Å². The molecule has 0 radical (unpaired) electrons. The lowest BCUT2D eigenvalue weighted by Crippen LogP contribution is -2.43. The van der Waals surface area contributed by atoms with Crippen LogP contribution in [0.1, 0.15) is 26.3 Å². The van der Waals surface area contributed by atoms with Gasteiger partial charge in [0.2, 0.25) is 0 Å². The van der Waals surface area contributed by atoms with Crippen LogP contribution in [0, 0.1) is 0 Å². The lowest BCUT2D eigenvalue weighted by atomic mass is 10.0. The molecule has 0 amide bonds. The molecule has 4 nitrogen and oxygen atoms in total. The highest BCUT2D eigenvalue weighted by molar-refractivity contribution is 7.85. The minimum atomic E-state index is -3.47. The van der Waals surface area contributed by atoms with E-state index in [1.54, 1.807) is 0 Å². The maximum atomic E-state index is 11.3. The van der Waals surface area contributed by atoms with E-state index in [2.05, 4.69) is 33.9 Å². The van der Waals surface area contributed by atoms with Crippen LogP contribution in [0.3, 0.4) is 0 Å². The predicted molar refractivity (Wildman–Crippen MR) is 101 cm³/mol. The Hall–Kier alpha value is -1.37. The summed E-state index contributed by atoms with van der Waals surface area (Å²) in [6.45, 7) is 11.1. The summed E-state index contributed by atoms with van der Waals surface area (Å²) in [6.07, 6.45) is 1.06. The summed E-state index contributed by atoms with van der Waals surface area (Å²) in [5, 5.41) is 2.04. The molecule has 0 heterocycles. The Labute approximate surface area is 146 Å². The first-order valence-electron chi connectivity index (χ1n) is 7.95. The summed E-state index contributed by atoms with van der Waals surface area (Å²) in [5.74, 6) is 0.847. The third-order valence-electron chi connectivity index (χ3n) is 4.57. The van der Waals surface area contributed by atoms with Crippen molar-refractivity contribution in [2.45, 2.75) is 45.5 Å². The first kappa shape index (κ1) is 19.0. The number of fused-ring (bicyclic) bond motifs is 1. The Balaban J connectivity index is 2.44. The molecule has 2 aromatic rings. The number of benzene rings is 2. The fraction of sp³-hybridized carbons (Fsp3) is 0.444. The summed E-state index contributed by atoms with van der Waals surface area (Å²) in [6, 6.07) is 11.7. The standard InChI is InChI=1S/C18H26O4SSi/c1-18(2,3)24(5,6)22-17-12-8-10-15-14(9-7-11-16(15)17)13-21-23(4,19)20/h7-12H,13H2,1-6H3. The molecule has 0 saturated heterocycles. The normalized spacial score (nSPS) is 13.2. The van der Waals surface area contributed by atoms with Crippen molar-refractivity contribution < 1.29 is 17.0 Å². The van der Waals surface area contributed by atoms with Gasteiger partial charge in [-0.1, -0.05) is 51.1 Å². The van der Waals surface area contributed by atoms with Crippen molar-refractivity contribution in [3.63, 3.8) is 0 Å². The topological polar surface area (TPSA) is 52.6 Å². The molecule has 0 unspecified atom stereocenters. The molecular formula is C18H26O4SSi. The van der Waals surface area contributed by atoms with Crippen LogP contribution in [-0.4, -0.2) is 23.0 Å². The average Bonchev–Trinajstić information content (AvgIpc) is 2.43. The molecule has 0 N–H and O–H groups in total. The molecule has 0 atom stereocenters. The summed E-state index contributed by atoms with van der Waals surface area (Å²) in [5.41, 5.74) is 0.832. The summed E-state index contributed by atoms with van der Waals surface area (Å²) >= 11 is 0. The zero-order chi connectivity index (χ0) is 18.2. The SMILES string of the molecule is CC(C)(C)[Si](C)(C)Oc1cccc2c(COS(C)(=O)=O)cccc12. The van der Waals surface area contributed by atoms with Crippen LogP contribution >= 0.6 is 0 Å². The van der Waals surface area contributed by atoms with E-state index in [0.29, 0.717) is 0 Å². The fourth-order valence-corrected chi connectivity index (χ4v) is 3.53. The molecule has 0 aliphatic heterocycles. The summed E-state index contributed by atoms with van der Waals surface area (Å²) < 4.78 is 33.9. The lowest BCUT2D eigenvalue weighted by Gasteiger charge is -2.36. The molecule has 24 heavy (non-hydrogen) atoms. The predicted octanol–water partition coefficient (Wildman–Crippen LogP) is 4.70. The van der Waals surface area contributed by atoms with Gasteiger partial charge in [-0.05, 0) is 35.1 Å². The van der Waals surface area contributed by atoms with Gasteiger partial charge in [-0.15, -0.1) is 0 Å². The molecule has 0 saturated carbocycles. The first-order chi connectivity index (χ1) is 10.9. The van der Waals surface area contributed by atoms with Crippen molar-refractivity contribution in [1.82, 2.24) is 0 Å². The minimum Gasteiger partial charge on any atom is -0.543 e. The lowest BCUT2D eigenvalue weighted by molar-refractivity contribution is 0.313. The van der Waals surface area contributed by atoms with Crippen molar-refractivity contribution in [3.05, 3.63) is 42.0 Å². The molecule has 2 aromatic carbocycles. The van der Waals surface area contributed by atoms with Gasteiger partial charge in [0.25, 0.3) is 18.4 Å². The van der Waals surface area contributed by atoms with E-state index in [9.17, 15) is 8.42 Å². The molecular weight excluding hydrogens is 340 g/mol. The van der Waals surface area contributed by atoms with Gasteiger partial charge in [-0.25, -0.2) is 0 Å². The van der Waals surface area contributed by atoms with Gasteiger partial charge in [0.1, 0.15) is 5.75 Å². The van der Waals surface area contributed by atoms with Crippen LogP contribution in [0.5, 0.6) is 5.75 Å². The van der Waals surface area contributed by atoms with Crippen LogP contribution in [0.2, 0.25) is 18.1 Å². The number of hydrogen-bond acceptors (Lipinski definition) is 4. The van der Waals surface area contributed by atoms with Gasteiger partial charge in [0.15, 0.2) is 0 Å². The smallest absolute Gasteiger partial charge is 0.264 e. The van der Waals surface area contributed by atoms with Crippen molar-refractivity contribution in [1.29, 1.82) is 0 Å². The fourth-order valence-electron chi connectivity index (χ4n) is 2.16. The molecule has 132 valence electrons. The zero-order valence-corrected chi connectivity index (χ0v) is 17.0. The zero-order valence-electron chi connectivity index (χ0n) is 15.2. The number of rotatable bonds is 5. The quantitative estimate of drug-likeness (QED) is 0.568. The monoisotopic (exact) mass is 366 g/mol. The highest BCUT2D eigenvalue weighted by Crippen LogP contribution is 2.39. The Morgan fingerprint density at radius 3 is 2.17 bits per heavy atom. The molecule has 0 bridgehead atoms. The molecule has 0 aliphatic carbocycles. The Bertz CT molecular complexity index is 836. The number of hydrogen-bond donors (Lipinski definition) is 0. The molecule has 2 rings (SSSR count). The van der Waals surface area contributed by atoms with E-state index in [4.69, 9.17) is 8.61 Å². The van der Waals surface area contributed by atoms with E-state index < -0.39 is 18.4 Å². The van der Waals surface area contributed by atoms with Crippen molar-refractivity contribution in [2.75, 3.05) is 6.26 Å². The van der Waals surface area contributed by atoms with Crippen molar-refractivity contribution in [2.24, 2.45) is 0 Å². The van der Waals surface area contributed by atoms with Gasteiger partial charge in [0.05, 0.1) is 12.9 Å². The highest BCUT2D eigenvalue weighted by atomic mass is 32.2. The van der Waals surface area contributed by atoms with Gasteiger partial charge >= 0.3 is 0 Å². The minimum absolute atomic E-state index is 0.0275. The van der Waals surface area contributed by atoms with Crippen LogP contribution in [0.4, 0.5) is 0 Å². The second-order valence-electron chi connectivity index (χ2n) is 7.60. The maximum Gasteiger partial charge on any atom is 0.264 e. The van der Waals surface area contributed by atoms with Crippen molar-refractivity contribution in [3.8, 4) is 5.75 Å². The maximum absolute atomic E-state index is 11.3. The van der Waals surface area contributed by atoms with Crippen LogP contribution < -0.4 is 4.43 Å². The molecule has 0 spiro atoms. The molecule has 6 heteroatoms. The second-order valence-corrected chi connectivity index (χ2v) is 14.0. The van der Waals surface area contributed by atoms with E-state index in [-0.39, 0.29) is 11.6 Å².